The van der Waals surface area contributed by atoms with Crippen molar-refractivity contribution in [1.82, 2.24) is 0 Å². The fourth-order valence-electron chi connectivity index (χ4n) is 1.80. The third kappa shape index (κ3) is 5.27. The van der Waals surface area contributed by atoms with Crippen molar-refractivity contribution in [2.75, 3.05) is 17.7 Å². The number of thioether (sulfide) groups is 1. The topological polar surface area (TPSA) is 55.4 Å². The van der Waals surface area contributed by atoms with Gasteiger partial charge in [-0.3, -0.25) is 4.79 Å². The van der Waals surface area contributed by atoms with E-state index in [2.05, 4.69) is 5.32 Å². The van der Waals surface area contributed by atoms with Crippen LogP contribution < -0.4 is 5.32 Å². The van der Waals surface area contributed by atoms with Gasteiger partial charge in [0.05, 0.1) is 17.4 Å². The summed E-state index contributed by atoms with van der Waals surface area (Å²) in [6.07, 6.45) is 0. The van der Waals surface area contributed by atoms with Gasteiger partial charge in [-0.2, -0.15) is 0 Å². The Morgan fingerprint density at radius 3 is 2.65 bits per heavy atom. The summed E-state index contributed by atoms with van der Waals surface area (Å²) in [5.74, 6) is -0.194. The van der Waals surface area contributed by atoms with Gasteiger partial charge in [0, 0.05) is 9.92 Å². The molecule has 1 heterocycles. The van der Waals surface area contributed by atoms with Crippen molar-refractivity contribution < 1.29 is 14.3 Å². The number of rotatable bonds is 6. The molecule has 23 heavy (non-hydrogen) atoms. The smallest absolute Gasteiger partial charge is 0.348 e. The van der Waals surface area contributed by atoms with Gasteiger partial charge in [0.1, 0.15) is 4.88 Å². The van der Waals surface area contributed by atoms with Gasteiger partial charge in [-0.15, -0.1) is 23.1 Å². The van der Waals surface area contributed by atoms with Gasteiger partial charge < -0.3 is 10.1 Å². The van der Waals surface area contributed by atoms with E-state index in [1.165, 1.54) is 23.1 Å². The number of hydrogen-bond acceptors (Lipinski definition) is 5. The molecule has 1 aromatic carbocycles. The summed E-state index contributed by atoms with van der Waals surface area (Å²) in [5, 5.41) is 4.12. The number of carbonyl (C=O) groups is 2. The lowest BCUT2D eigenvalue weighted by Crippen LogP contribution is -2.12. The molecule has 1 N–H and O–H groups in total. The molecule has 4 nitrogen and oxygen atoms in total. The van der Waals surface area contributed by atoms with Crippen molar-refractivity contribution in [1.29, 1.82) is 0 Å². The maximum Gasteiger partial charge on any atom is 0.348 e. The normalized spacial score (nSPS) is 10.4. The number of thiophene rings is 1. The van der Waals surface area contributed by atoms with Gasteiger partial charge in [-0.25, -0.2) is 4.79 Å². The van der Waals surface area contributed by atoms with Crippen LogP contribution in [0.5, 0.6) is 0 Å². The Labute approximate surface area is 148 Å². The highest BCUT2D eigenvalue weighted by molar-refractivity contribution is 8.00. The van der Waals surface area contributed by atoms with Gasteiger partial charge in [-0.1, -0.05) is 11.6 Å². The molecule has 0 radical (unpaired) electrons. The second kappa shape index (κ2) is 8.38. The lowest BCUT2D eigenvalue weighted by molar-refractivity contribution is -0.113. The first-order chi connectivity index (χ1) is 11.0. The zero-order valence-corrected chi connectivity index (χ0v) is 15.1. The number of nitrogens with one attached hydrogen (secondary N) is 1. The first kappa shape index (κ1) is 17.8. The number of hydrogen-bond donors (Lipinski definition) is 1. The van der Waals surface area contributed by atoms with Crippen LogP contribution in [0.1, 0.15) is 22.2 Å². The van der Waals surface area contributed by atoms with E-state index in [4.69, 9.17) is 16.3 Å². The first-order valence-electron chi connectivity index (χ1n) is 6.95. The second-order valence-electron chi connectivity index (χ2n) is 4.63. The lowest BCUT2D eigenvalue weighted by atomic mass is 10.3. The molecule has 1 aromatic heterocycles. The Morgan fingerprint density at radius 2 is 2.00 bits per heavy atom. The minimum absolute atomic E-state index is 0.124. The van der Waals surface area contributed by atoms with Crippen LogP contribution in [-0.4, -0.2) is 24.2 Å². The predicted molar refractivity (Wildman–Crippen MR) is 95.8 cm³/mol. The Kier molecular flexibility index (Phi) is 6.50. The second-order valence-corrected chi connectivity index (χ2v) is 7.17. The van der Waals surface area contributed by atoms with Crippen LogP contribution in [0.4, 0.5) is 5.00 Å². The maximum atomic E-state index is 12.0. The Bertz CT molecular complexity index is 698. The van der Waals surface area contributed by atoms with Crippen molar-refractivity contribution in [3.05, 3.63) is 45.8 Å². The number of aryl methyl sites for hydroxylation is 1. The number of anilines is 1. The van der Waals surface area contributed by atoms with E-state index >= 15 is 0 Å². The van der Waals surface area contributed by atoms with Crippen molar-refractivity contribution in [3.8, 4) is 0 Å². The number of benzene rings is 1. The van der Waals surface area contributed by atoms with E-state index in [9.17, 15) is 9.59 Å². The van der Waals surface area contributed by atoms with E-state index in [-0.39, 0.29) is 17.6 Å². The molecular formula is C16H16ClNO3S2. The van der Waals surface area contributed by atoms with Crippen LogP contribution in [0, 0.1) is 6.92 Å². The molecule has 0 unspecified atom stereocenters. The third-order valence-corrected chi connectivity index (χ3v) is 5.22. The molecular weight excluding hydrogens is 354 g/mol. The predicted octanol–water partition coefficient (Wildman–Crippen LogP) is 4.62. The molecule has 0 aliphatic carbocycles. The lowest BCUT2D eigenvalue weighted by Gasteiger charge is -2.03. The molecule has 1 amide bonds. The minimum atomic E-state index is -0.356. The molecule has 2 rings (SSSR count). The average Bonchev–Trinajstić information content (AvgIpc) is 2.87. The molecule has 0 atom stereocenters. The van der Waals surface area contributed by atoms with E-state index in [1.807, 2.05) is 19.1 Å². The van der Waals surface area contributed by atoms with Crippen LogP contribution >= 0.6 is 34.7 Å². The summed E-state index contributed by atoms with van der Waals surface area (Å²) in [6.45, 7) is 3.91. The van der Waals surface area contributed by atoms with Gasteiger partial charge in [-0.05, 0) is 49.7 Å². The minimum Gasteiger partial charge on any atom is -0.462 e. The summed E-state index contributed by atoms with van der Waals surface area (Å²) < 4.78 is 4.99. The SMILES string of the molecule is CCOC(=O)c1sc(NC(=O)CSc2ccc(Cl)cc2)cc1C. The number of ether oxygens (including phenoxy) is 1. The average molecular weight is 370 g/mol. The highest BCUT2D eigenvalue weighted by Crippen LogP contribution is 2.28. The number of amides is 1. The molecule has 0 saturated heterocycles. The standard InChI is InChI=1S/C16H16ClNO3S2/c1-3-21-16(20)15-10(2)8-14(23-15)18-13(19)9-22-12-6-4-11(17)5-7-12/h4-8H,3,9H2,1-2H3,(H,18,19). The van der Waals surface area contributed by atoms with Gasteiger partial charge >= 0.3 is 5.97 Å². The number of halogens is 1. The number of carbonyl (C=O) groups excluding carboxylic acids is 2. The summed E-state index contributed by atoms with van der Waals surface area (Å²) in [6, 6.07) is 9.09. The Morgan fingerprint density at radius 1 is 1.30 bits per heavy atom. The van der Waals surface area contributed by atoms with Gasteiger partial charge in [0.2, 0.25) is 5.91 Å². The van der Waals surface area contributed by atoms with Crippen molar-refractivity contribution in [2.45, 2.75) is 18.7 Å². The van der Waals surface area contributed by atoms with Crippen molar-refractivity contribution >= 4 is 51.6 Å². The van der Waals surface area contributed by atoms with Crippen molar-refractivity contribution in [3.63, 3.8) is 0 Å². The molecule has 0 fully saturated rings. The molecule has 0 spiro atoms. The van der Waals surface area contributed by atoms with E-state index in [0.29, 0.717) is 21.5 Å². The maximum absolute atomic E-state index is 12.0. The number of esters is 1. The van der Waals surface area contributed by atoms with Gasteiger partial charge in [0.25, 0.3) is 0 Å². The fourth-order valence-corrected chi connectivity index (χ4v) is 3.60. The first-order valence-corrected chi connectivity index (χ1v) is 9.13. The van der Waals surface area contributed by atoms with Crippen LogP contribution in [0.25, 0.3) is 0 Å². The monoisotopic (exact) mass is 369 g/mol. The third-order valence-electron chi connectivity index (χ3n) is 2.82. The molecule has 0 bridgehead atoms. The summed E-state index contributed by atoms with van der Waals surface area (Å²) in [5.41, 5.74) is 0.800. The summed E-state index contributed by atoms with van der Waals surface area (Å²) >= 11 is 8.47. The molecule has 7 heteroatoms. The largest absolute Gasteiger partial charge is 0.462 e. The molecule has 122 valence electrons. The highest BCUT2D eigenvalue weighted by Gasteiger charge is 2.15. The van der Waals surface area contributed by atoms with Crippen molar-refractivity contribution in [2.24, 2.45) is 0 Å². The summed E-state index contributed by atoms with van der Waals surface area (Å²) in [4.78, 5) is 25.3. The molecule has 2 aromatic rings. The van der Waals surface area contributed by atoms with E-state index < -0.39 is 0 Å². The zero-order chi connectivity index (χ0) is 16.8. The molecule has 0 saturated carbocycles. The molecule has 0 aliphatic rings. The summed E-state index contributed by atoms with van der Waals surface area (Å²) in [7, 11) is 0. The van der Waals surface area contributed by atoms with Crippen LogP contribution in [0.15, 0.2) is 35.2 Å². The quantitative estimate of drug-likeness (QED) is 0.596. The van der Waals surface area contributed by atoms with Gasteiger partial charge in [0.15, 0.2) is 0 Å². The Hall–Kier alpha value is -1.50. The van der Waals surface area contributed by atoms with Crippen LogP contribution in [-0.2, 0) is 9.53 Å². The highest BCUT2D eigenvalue weighted by atomic mass is 35.5. The van der Waals surface area contributed by atoms with E-state index in [1.54, 1.807) is 25.1 Å². The zero-order valence-electron chi connectivity index (χ0n) is 12.7. The van der Waals surface area contributed by atoms with Crippen LogP contribution in [0.3, 0.4) is 0 Å². The van der Waals surface area contributed by atoms with E-state index in [0.717, 1.165) is 10.5 Å². The fraction of sp³-hybridized carbons (Fsp3) is 0.250. The molecule has 0 aliphatic heterocycles. The Balaban J connectivity index is 1.91. The van der Waals surface area contributed by atoms with Crippen LogP contribution in [0.2, 0.25) is 5.02 Å².